The number of nitrogens with two attached hydrogens (primary N) is 1. The average molecular weight is 222 g/mol. The Morgan fingerprint density at radius 1 is 1.25 bits per heavy atom. The Balaban J connectivity index is 2.34. The lowest BCUT2D eigenvalue weighted by atomic mass is 9.90. The van der Waals surface area contributed by atoms with Crippen molar-refractivity contribution in [1.29, 1.82) is 0 Å². The SMILES string of the molecule is Cc1ccc([C@@]2(F)CCCC[NH2+]C2=O)cc1. The molecule has 1 aliphatic heterocycles. The number of amides is 1. The molecular formula is C13H17FNO+. The Morgan fingerprint density at radius 2 is 1.94 bits per heavy atom. The fourth-order valence-electron chi connectivity index (χ4n) is 2.14. The lowest BCUT2D eigenvalue weighted by molar-refractivity contribution is -0.573. The summed E-state index contributed by atoms with van der Waals surface area (Å²) in [7, 11) is 0. The molecule has 1 aromatic carbocycles. The molecule has 1 atom stereocenters. The lowest BCUT2D eigenvalue weighted by Gasteiger charge is -2.19. The third-order valence-electron chi connectivity index (χ3n) is 3.20. The van der Waals surface area contributed by atoms with Gasteiger partial charge in [0.1, 0.15) is 0 Å². The van der Waals surface area contributed by atoms with Gasteiger partial charge < -0.3 is 0 Å². The molecule has 16 heavy (non-hydrogen) atoms. The molecule has 0 aliphatic carbocycles. The number of primary amides is 1. The zero-order chi connectivity index (χ0) is 11.6. The number of carbonyl (C=O) groups is 1. The number of aryl methyl sites for hydroxylation is 1. The van der Waals surface area contributed by atoms with Crippen molar-refractivity contribution in [2.45, 2.75) is 31.9 Å². The Hall–Kier alpha value is -1.22. The van der Waals surface area contributed by atoms with E-state index in [1.54, 1.807) is 12.1 Å². The molecule has 2 nitrogen and oxygen atoms in total. The van der Waals surface area contributed by atoms with Crippen molar-refractivity contribution >= 4 is 5.91 Å². The van der Waals surface area contributed by atoms with Gasteiger partial charge in [-0.2, -0.15) is 0 Å². The van der Waals surface area contributed by atoms with Crippen LogP contribution < -0.4 is 5.32 Å². The van der Waals surface area contributed by atoms with Gasteiger partial charge >= 0.3 is 5.91 Å². The maximum atomic E-state index is 14.7. The minimum absolute atomic E-state index is 0.311. The molecular weight excluding hydrogens is 205 g/mol. The highest BCUT2D eigenvalue weighted by molar-refractivity contribution is 5.78. The third kappa shape index (κ3) is 2.00. The van der Waals surface area contributed by atoms with E-state index in [1.807, 2.05) is 19.1 Å². The Kier molecular flexibility index (Phi) is 3.06. The van der Waals surface area contributed by atoms with E-state index >= 15 is 0 Å². The maximum absolute atomic E-state index is 14.7. The fraction of sp³-hybridized carbons (Fsp3) is 0.462. The second-order valence-electron chi connectivity index (χ2n) is 4.48. The number of hydrogen-bond acceptors (Lipinski definition) is 1. The van der Waals surface area contributed by atoms with Crippen molar-refractivity contribution < 1.29 is 14.5 Å². The van der Waals surface area contributed by atoms with Gasteiger partial charge in [0, 0.05) is 5.56 Å². The van der Waals surface area contributed by atoms with Gasteiger partial charge in [0.15, 0.2) is 0 Å². The molecule has 1 fully saturated rings. The van der Waals surface area contributed by atoms with Crippen LogP contribution >= 0.6 is 0 Å². The molecule has 0 aromatic heterocycles. The van der Waals surface area contributed by atoms with E-state index in [9.17, 15) is 9.18 Å². The van der Waals surface area contributed by atoms with Crippen LogP contribution in [0.15, 0.2) is 24.3 Å². The van der Waals surface area contributed by atoms with Crippen LogP contribution in [0, 0.1) is 6.92 Å². The minimum Gasteiger partial charge on any atom is -0.280 e. The highest BCUT2D eigenvalue weighted by atomic mass is 19.1. The first-order valence-electron chi connectivity index (χ1n) is 5.76. The fourth-order valence-corrected chi connectivity index (χ4v) is 2.14. The topological polar surface area (TPSA) is 33.7 Å². The monoisotopic (exact) mass is 222 g/mol. The summed E-state index contributed by atoms with van der Waals surface area (Å²) in [6.07, 6.45) is 1.99. The lowest BCUT2D eigenvalue weighted by Crippen LogP contribution is -2.90. The molecule has 1 aliphatic rings. The Morgan fingerprint density at radius 3 is 2.62 bits per heavy atom. The van der Waals surface area contributed by atoms with Crippen molar-refractivity contribution in [2.24, 2.45) is 0 Å². The zero-order valence-corrected chi connectivity index (χ0v) is 9.50. The molecule has 0 spiro atoms. The van der Waals surface area contributed by atoms with E-state index in [0.29, 0.717) is 18.5 Å². The van der Waals surface area contributed by atoms with Crippen LogP contribution in [0.4, 0.5) is 4.39 Å². The highest BCUT2D eigenvalue weighted by Gasteiger charge is 2.44. The van der Waals surface area contributed by atoms with Crippen LogP contribution in [0.2, 0.25) is 0 Å². The summed E-state index contributed by atoms with van der Waals surface area (Å²) in [6, 6.07) is 7.17. The quantitative estimate of drug-likeness (QED) is 0.766. The maximum Gasteiger partial charge on any atom is 0.352 e. The third-order valence-corrected chi connectivity index (χ3v) is 3.20. The summed E-state index contributed by atoms with van der Waals surface area (Å²) < 4.78 is 14.7. The van der Waals surface area contributed by atoms with E-state index < -0.39 is 5.67 Å². The van der Waals surface area contributed by atoms with Crippen molar-refractivity contribution in [2.75, 3.05) is 6.54 Å². The Bertz CT molecular complexity index is 387. The minimum atomic E-state index is -1.79. The molecule has 86 valence electrons. The van der Waals surface area contributed by atoms with E-state index in [2.05, 4.69) is 0 Å². The van der Waals surface area contributed by atoms with E-state index in [4.69, 9.17) is 0 Å². The molecule has 2 N–H and O–H groups in total. The Labute approximate surface area is 94.9 Å². The average Bonchev–Trinajstić information content (AvgIpc) is 2.44. The smallest absolute Gasteiger partial charge is 0.280 e. The second kappa shape index (κ2) is 4.34. The van der Waals surface area contributed by atoms with Gasteiger partial charge in [-0.15, -0.1) is 0 Å². The van der Waals surface area contributed by atoms with E-state index in [-0.39, 0.29) is 5.91 Å². The first-order chi connectivity index (χ1) is 7.63. The van der Waals surface area contributed by atoms with Gasteiger partial charge in [0.2, 0.25) is 5.67 Å². The molecule has 1 saturated heterocycles. The number of quaternary nitrogens is 1. The predicted octanol–water partition coefficient (Wildman–Crippen LogP) is 1.43. The van der Waals surface area contributed by atoms with Crippen molar-refractivity contribution in [3.8, 4) is 0 Å². The largest absolute Gasteiger partial charge is 0.352 e. The molecule has 1 aromatic rings. The second-order valence-corrected chi connectivity index (χ2v) is 4.48. The van der Waals surface area contributed by atoms with Gasteiger partial charge in [-0.05, 0) is 26.2 Å². The van der Waals surface area contributed by atoms with Crippen molar-refractivity contribution in [1.82, 2.24) is 0 Å². The van der Waals surface area contributed by atoms with E-state index in [0.717, 1.165) is 18.4 Å². The summed E-state index contributed by atoms with van der Waals surface area (Å²) in [5.41, 5.74) is -0.205. The van der Waals surface area contributed by atoms with Crippen molar-refractivity contribution in [3.05, 3.63) is 35.4 Å². The molecule has 3 heteroatoms. The van der Waals surface area contributed by atoms with Gasteiger partial charge in [-0.3, -0.25) is 5.32 Å². The van der Waals surface area contributed by atoms with Crippen molar-refractivity contribution in [3.63, 3.8) is 0 Å². The van der Waals surface area contributed by atoms with Gasteiger partial charge in [0.25, 0.3) is 0 Å². The van der Waals surface area contributed by atoms with Crippen LogP contribution in [0.3, 0.4) is 0 Å². The first kappa shape index (κ1) is 11.3. The molecule has 0 unspecified atom stereocenters. The summed E-state index contributed by atoms with van der Waals surface area (Å²) >= 11 is 0. The predicted molar refractivity (Wildman–Crippen MR) is 59.6 cm³/mol. The number of rotatable bonds is 1. The molecule has 0 saturated carbocycles. The summed E-state index contributed by atoms with van der Waals surface area (Å²) in [5, 5.41) is 1.51. The van der Waals surface area contributed by atoms with Gasteiger partial charge in [-0.25, -0.2) is 9.18 Å². The van der Waals surface area contributed by atoms with Gasteiger partial charge in [0.05, 0.1) is 6.54 Å². The van der Waals surface area contributed by atoms with Crippen LogP contribution in [0.5, 0.6) is 0 Å². The summed E-state index contributed by atoms with van der Waals surface area (Å²) in [6.45, 7) is 2.66. The standard InChI is InChI=1S/C13H16FNO/c1-10-4-6-11(7-5-10)13(14)8-2-3-9-15-12(13)16/h4-7H,2-3,8-9H2,1H3,(H,15,16)/p+1/t13-/m0/s1. The molecule has 1 amide bonds. The number of benzene rings is 1. The first-order valence-corrected chi connectivity index (χ1v) is 5.76. The number of carbonyl (C=O) groups excluding carboxylic acids is 1. The summed E-state index contributed by atoms with van der Waals surface area (Å²) in [4.78, 5) is 11.8. The molecule has 0 bridgehead atoms. The highest BCUT2D eigenvalue weighted by Crippen LogP contribution is 2.32. The molecule has 0 radical (unpaired) electrons. The van der Waals surface area contributed by atoms with Crippen LogP contribution in [-0.4, -0.2) is 12.5 Å². The van der Waals surface area contributed by atoms with Crippen LogP contribution in [0.25, 0.3) is 0 Å². The summed E-state index contributed by atoms with van der Waals surface area (Å²) in [5.74, 6) is -0.367. The number of halogens is 1. The number of hydrogen-bond donors (Lipinski definition) is 1. The van der Waals surface area contributed by atoms with Crippen LogP contribution in [-0.2, 0) is 10.5 Å². The number of alkyl halides is 1. The molecule has 2 rings (SSSR count). The van der Waals surface area contributed by atoms with Crippen LogP contribution in [0.1, 0.15) is 30.4 Å². The zero-order valence-electron chi connectivity index (χ0n) is 9.50. The van der Waals surface area contributed by atoms with E-state index in [1.165, 1.54) is 5.32 Å². The van der Waals surface area contributed by atoms with Gasteiger partial charge in [-0.1, -0.05) is 29.8 Å². The normalized spacial score (nSPS) is 26.5. The molecule has 1 heterocycles.